The summed E-state index contributed by atoms with van der Waals surface area (Å²) < 4.78 is 0. The maximum Gasteiger partial charge on any atom is 0 e. The Hall–Kier alpha value is 0.623. The van der Waals surface area contributed by atoms with E-state index < -0.39 is 12.1 Å². The van der Waals surface area contributed by atoms with Crippen LogP contribution in [0.1, 0.15) is 110 Å². The van der Waals surface area contributed by atoms with Crippen LogP contribution in [0.25, 0.3) is 0 Å². The van der Waals surface area contributed by atoms with Gasteiger partial charge in [0, 0.05) is 25.9 Å². The second-order valence-electron chi connectivity index (χ2n) is 6.38. The van der Waals surface area contributed by atoms with Crippen molar-refractivity contribution in [3.8, 4) is 0 Å². The van der Waals surface area contributed by atoms with Crippen molar-refractivity contribution in [3.05, 3.63) is 0 Å². The van der Waals surface area contributed by atoms with Gasteiger partial charge in [0.25, 0.3) is 0 Å². The van der Waals surface area contributed by atoms with E-state index in [1.165, 1.54) is 83.5 Å². The van der Waals surface area contributed by atoms with Crippen molar-refractivity contribution in [1.29, 1.82) is 0 Å². The predicted octanol–water partition coefficient (Wildman–Crippen LogP) is 5.64. The smallest absolute Gasteiger partial charge is 0 e. The van der Waals surface area contributed by atoms with Gasteiger partial charge in [-0.15, -0.1) is 0 Å². The minimum atomic E-state index is -1.83. The second kappa shape index (κ2) is 30.4. The predicted molar refractivity (Wildman–Crippen MR) is 106 cm³/mol. The number of carbonyl (C=O) groups is 2. The van der Waals surface area contributed by atoms with Crippen LogP contribution in [0, 0.1) is 0 Å². The maximum absolute atomic E-state index is 10.3. The summed E-state index contributed by atoms with van der Waals surface area (Å²) in [7, 11) is 0. The molecule has 0 aromatic rings. The molecule has 0 bridgehead atoms. The van der Waals surface area contributed by atoms with Gasteiger partial charge in [-0.1, -0.05) is 96.8 Å². The first kappa shape index (κ1) is 34.2. The molecule has 0 fully saturated rings. The number of carboxylic acids is 1. The molecule has 0 aliphatic heterocycles. The number of aliphatic carboxylic acids is 1. The molecule has 0 atom stereocenters. The minimum absolute atomic E-state index is 0. The van der Waals surface area contributed by atoms with Gasteiger partial charge in [0.1, 0.15) is 0 Å². The van der Waals surface area contributed by atoms with E-state index in [0.717, 1.165) is 12.8 Å². The molecule has 3 N–H and O–H groups in total. The summed E-state index contributed by atoms with van der Waals surface area (Å²) in [5, 5.41) is 22.5. The molecular weight excluding hydrogens is 414 g/mol. The third-order valence-corrected chi connectivity index (χ3v) is 3.99. The van der Waals surface area contributed by atoms with Gasteiger partial charge in [-0.05, 0) is 6.42 Å². The Morgan fingerprint density at radius 1 is 0.577 bits per heavy atom. The average molecular weight is 454 g/mol. The van der Waals surface area contributed by atoms with Crippen molar-refractivity contribution in [1.82, 2.24) is 0 Å². The summed E-state index contributed by atoms with van der Waals surface area (Å²) >= 11 is 0. The number of unbranched alkanes of at least 4 members (excludes halogenated alkanes) is 14. The summed E-state index contributed by atoms with van der Waals surface area (Å²) in [6, 6.07) is 0. The number of rotatable bonds is 16. The molecule has 0 saturated carbocycles. The first-order valence-electron chi connectivity index (χ1n) is 9.64. The molecule has 0 spiro atoms. The molecule has 0 aliphatic carbocycles. The normalized spacial score (nSPS) is 9.27. The van der Waals surface area contributed by atoms with E-state index in [4.69, 9.17) is 20.1 Å². The Labute approximate surface area is 202 Å². The first-order valence-corrected chi connectivity index (χ1v) is 9.64. The van der Waals surface area contributed by atoms with E-state index in [9.17, 15) is 4.79 Å². The zero-order valence-electron chi connectivity index (χ0n) is 16.2. The quantitative estimate of drug-likeness (QED) is 0.208. The van der Waals surface area contributed by atoms with Crippen molar-refractivity contribution < 1.29 is 44.4 Å². The fourth-order valence-electron chi connectivity index (χ4n) is 2.65. The monoisotopic (exact) mass is 452 g/mol. The average Bonchev–Trinajstić information content (AvgIpc) is 2.50. The summed E-state index contributed by atoms with van der Waals surface area (Å²) in [5.41, 5.74) is 0. The van der Waals surface area contributed by atoms with Gasteiger partial charge in [-0.2, -0.15) is 0 Å². The van der Waals surface area contributed by atoms with Crippen LogP contribution in [0.15, 0.2) is 0 Å². The zero-order chi connectivity index (χ0) is 18.5. The van der Waals surface area contributed by atoms with Gasteiger partial charge in [0.15, 0.2) is 0 Å². The van der Waals surface area contributed by atoms with Gasteiger partial charge in [0.05, 0.1) is 0 Å². The largest absolute Gasteiger partial charge is 0 e. The third kappa shape index (κ3) is 44.2. The molecule has 0 saturated heterocycles. The van der Waals surface area contributed by atoms with Gasteiger partial charge in [0.2, 0.25) is 0 Å². The van der Waals surface area contributed by atoms with Crippen LogP contribution >= 0.6 is 0 Å². The molecule has 0 aromatic carbocycles. The van der Waals surface area contributed by atoms with Crippen molar-refractivity contribution in [3.63, 3.8) is 0 Å². The topological polar surface area (TPSA) is 94.8 Å². The molecule has 7 heteroatoms. The van der Waals surface area contributed by atoms with Crippen LogP contribution in [0.4, 0.5) is 4.79 Å². The third-order valence-electron chi connectivity index (χ3n) is 3.99. The Morgan fingerprint density at radius 3 is 1.04 bits per heavy atom. The van der Waals surface area contributed by atoms with E-state index in [2.05, 4.69) is 6.92 Å². The number of carboxylic acid groups (broad SMARTS) is 3. The molecule has 0 aromatic heterocycles. The van der Waals surface area contributed by atoms with Gasteiger partial charge in [-0.3, -0.25) is 4.79 Å². The summed E-state index contributed by atoms with van der Waals surface area (Å²) in [6.07, 6.45) is 18.4. The van der Waals surface area contributed by atoms with Crippen molar-refractivity contribution in [2.24, 2.45) is 0 Å². The van der Waals surface area contributed by atoms with Crippen LogP contribution in [0.3, 0.4) is 0 Å². The Morgan fingerprint density at radius 2 is 0.808 bits per heavy atom. The van der Waals surface area contributed by atoms with Crippen molar-refractivity contribution in [2.45, 2.75) is 110 Å². The zero-order valence-corrected chi connectivity index (χ0v) is 19.1. The van der Waals surface area contributed by atoms with Crippen LogP contribution < -0.4 is 0 Å². The Bertz CT molecular complexity index is 287. The Balaban J connectivity index is -0.000000363. The molecule has 0 aliphatic rings. The molecule has 0 unspecified atom stereocenters. The van der Waals surface area contributed by atoms with E-state index in [1.54, 1.807) is 0 Å². The van der Waals surface area contributed by atoms with Gasteiger partial charge in [-0.25, -0.2) is 4.79 Å². The van der Waals surface area contributed by atoms with Crippen LogP contribution in [-0.2, 0) is 24.3 Å². The SMILES string of the molecule is CCCCCCCCCCCCCCCCCC(=O)O.O=C(O)O.[CaH2].[Zn]. The maximum atomic E-state index is 10.3. The molecule has 0 rings (SSSR count). The van der Waals surface area contributed by atoms with Crippen LogP contribution in [0.5, 0.6) is 0 Å². The van der Waals surface area contributed by atoms with E-state index in [1.807, 2.05) is 0 Å². The number of hydrogen-bond donors (Lipinski definition) is 3. The fraction of sp³-hybridized carbons (Fsp3) is 0.895. The fourth-order valence-corrected chi connectivity index (χ4v) is 2.65. The molecule has 26 heavy (non-hydrogen) atoms. The summed E-state index contributed by atoms with van der Waals surface area (Å²) in [6.45, 7) is 2.27. The van der Waals surface area contributed by atoms with E-state index >= 15 is 0 Å². The van der Waals surface area contributed by atoms with Crippen LogP contribution in [-0.4, -0.2) is 65.2 Å². The molecule has 5 nitrogen and oxygen atoms in total. The summed E-state index contributed by atoms with van der Waals surface area (Å²) in [5.74, 6) is -0.653. The second-order valence-corrected chi connectivity index (χ2v) is 6.38. The van der Waals surface area contributed by atoms with Crippen LogP contribution in [0.2, 0.25) is 0 Å². The van der Waals surface area contributed by atoms with E-state index in [0.29, 0.717) is 6.42 Å². The molecule has 0 amide bonds. The summed E-state index contributed by atoms with van der Waals surface area (Å²) in [4.78, 5) is 18.9. The molecular formula is C19H40CaO5Zn. The first-order chi connectivity index (χ1) is 11.5. The minimum Gasteiger partial charge on any atom is 0 e. The molecule has 0 heterocycles. The van der Waals surface area contributed by atoms with Gasteiger partial charge >= 0.3 is 49.9 Å². The number of hydrogen-bond acceptors (Lipinski definition) is 2. The van der Waals surface area contributed by atoms with Gasteiger partial charge < -0.3 is 15.3 Å². The molecule has 150 valence electrons. The van der Waals surface area contributed by atoms with Crippen molar-refractivity contribution >= 4 is 49.9 Å². The van der Waals surface area contributed by atoms with E-state index in [-0.39, 0.29) is 57.2 Å². The Kier molecular flexibility index (Phi) is 39.9. The van der Waals surface area contributed by atoms with Crippen molar-refractivity contribution in [2.75, 3.05) is 0 Å². The molecule has 0 radical (unpaired) electrons. The standard InChI is InChI=1S/C18H36O2.CH2O3.Ca.Zn.2H/c1-2-3-4-5-6-7-8-9-10-11-12-13-14-15-16-17-18(19)20;2-1(3)4;;;;/h2-17H2,1H3,(H,19,20);(H2,2,3,4);;;;.